The number of nitrogens with one attached hydrogen (secondary N) is 1. The third kappa shape index (κ3) is 4.09. The van der Waals surface area contributed by atoms with E-state index in [9.17, 15) is 5.11 Å². The lowest BCUT2D eigenvalue weighted by Gasteiger charge is -2.30. The predicted molar refractivity (Wildman–Crippen MR) is 64.0 cm³/mol. The first-order valence-corrected chi connectivity index (χ1v) is 6.11. The van der Waals surface area contributed by atoms with Gasteiger partial charge in [-0.2, -0.15) is 0 Å². The van der Waals surface area contributed by atoms with Crippen LogP contribution in [0.2, 0.25) is 0 Å². The molecule has 0 saturated carbocycles. The number of hydrogen-bond acceptors (Lipinski definition) is 3. The quantitative estimate of drug-likeness (QED) is 0.722. The maximum absolute atomic E-state index is 9.79. The molecule has 0 aliphatic carbocycles. The molecule has 1 saturated heterocycles. The van der Waals surface area contributed by atoms with E-state index in [1.807, 2.05) is 20.8 Å². The van der Waals surface area contributed by atoms with Crippen LogP contribution in [0.4, 0.5) is 0 Å². The molecule has 3 heteroatoms. The fraction of sp³-hybridized carbons (Fsp3) is 1.00. The Balaban J connectivity index is 2.24. The van der Waals surface area contributed by atoms with E-state index < -0.39 is 5.60 Å². The third-order valence-corrected chi connectivity index (χ3v) is 3.54. The Morgan fingerprint density at radius 3 is 2.27 bits per heavy atom. The van der Waals surface area contributed by atoms with Gasteiger partial charge in [0.25, 0.3) is 0 Å². The second kappa shape index (κ2) is 5.28. The van der Waals surface area contributed by atoms with Crippen LogP contribution in [-0.2, 0) is 0 Å². The smallest absolute Gasteiger partial charge is 0.0741 e. The highest BCUT2D eigenvalue weighted by atomic mass is 16.3. The van der Waals surface area contributed by atoms with E-state index in [-0.39, 0.29) is 6.04 Å². The number of hydrogen-bond donors (Lipinski definition) is 2. The summed E-state index contributed by atoms with van der Waals surface area (Å²) in [5, 5.41) is 13.2. The molecular weight excluding hydrogens is 188 g/mol. The van der Waals surface area contributed by atoms with Crippen molar-refractivity contribution in [1.82, 2.24) is 10.2 Å². The number of rotatable bonds is 5. The van der Waals surface area contributed by atoms with Crippen LogP contribution >= 0.6 is 0 Å². The Labute approximate surface area is 93.9 Å². The van der Waals surface area contributed by atoms with Crippen LogP contribution in [0.5, 0.6) is 0 Å². The van der Waals surface area contributed by atoms with E-state index >= 15 is 0 Å². The van der Waals surface area contributed by atoms with E-state index in [1.165, 1.54) is 25.9 Å². The zero-order chi connectivity index (χ0) is 11.5. The Kier molecular flexibility index (Phi) is 4.56. The molecule has 0 aromatic heterocycles. The Bertz CT molecular complexity index is 183. The zero-order valence-electron chi connectivity index (χ0n) is 10.6. The van der Waals surface area contributed by atoms with E-state index in [0.29, 0.717) is 6.04 Å². The normalized spacial score (nSPS) is 23.0. The van der Waals surface area contributed by atoms with Gasteiger partial charge in [0.2, 0.25) is 0 Å². The summed E-state index contributed by atoms with van der Waals surface area (Å²) in [4.78, 5) is 2.52. The van der Waals surface area contributed by atoms with Gasteiger partial charge in [0.1, 0.15) is 0 Å². The summed E-state index contributed by atoms with van der Waals surface area (Å²) >= 11 is 0. The summed E-state index contributed by atoms with van der Waals surface area (Å²) < 4.78 is 0. The molecule has 2 atom stereocenters. The van der Waals surface area contributed by atoms with Crippen molar-refractivity contribution in [2.24, 2.45) is 0 Å². The summed E-state index contributed by atoms with van der Waals surface area (Å²) in [6.45, 7) is 11.4. The number of likely N-dealkylation sites (tertiary alicyclic amines) is 1. The van der Waals surface area contributed by atoms with Crippen molar-refractivity contribution in [2.75, 3.05) is 19.6 Å². The molecule has 1 aliphatic rings. The monoisotopic (exact) mass is 214 g/mol. The average Bonchev–Trinajstić information content (AvgIpc) is 2.64. The molecule has 0 spiro atoms. The van der Waals surface area contributed by atoms with Crippen molar-refractivity contribution < 1.29 is 5.11 Å². The third-order valence-electron chi connectivity index (χ3n) is 3.54. The zero-order valence-corrected chi connectivity index (χ0v) is 10.6. The van der Waals surface area contributed by atoms with Gasteiger partial charge in [-0.1, -0.05) is 0 Å². The van der Waals surface area contributed by atoms with Crippen LogP contribution < -0.4 is 5.32 Å². The molecule has 15 heavy (non-hydrogen) atoms. The lowest BCUT2D eigenvalue weighted by atomic mass is 10.0. The molecule has 0 bridgehead atoms. The minimum absolute atomic E-state index is 0.141. The van der Waals surface area contributed by atoms with Gasteiger partial charge in [-0.25, -0.2) is 0 Å². The molecule has 0 radical (unpaired) electrons. The Morgan fingerprint density at radius 1 is 1.27 bits per heavy atom. The summed E-state index contributed by atoms with van der Waals surface area (Å²) in [6.07, 6.45) is 2.68. The molecule has 3 nitrogen and oxygen atoms in total. The Hall–Kier alpha value is -0.120. The van der Waals surface area contributed by atoms with Crippen molar-refractivity contribution in [1.29, 1.82) is 0 Å². The van der Waals surface area contributed by atoms with Gasteiger partial charge in [-0.15, -0.1) is 0 Å². The van der Waals surface area contributed by atoms with Gasteiger partial charge in [0.15, 0.2) is 0 Å². The molecule has 1 aliphatic heterocycles. The van der Waals surface area contributed by atoms with Crippen molar-refractivity contribution in [3.63, 3.8) is 0 Å². The second-order valence-corrected chi connectivity index (χ2v) is 5.38. The van der Waals surface area contributed by atoms with Crippen molar-refractivity contribution in [3.8, 4) is 0 Å². The molecule has 2 N–H and O–H groups in total. The molecule has 1 fully saturated rings. The maximum atomic E-state index is 9.79. The minimum Gasteiger partial charge on any atom is -0.389 e. The standard InChI is InChI=1S/C12H26N2O/c1-10(14-7-5-6-8-14)9-13-11(2)12(3,4)15/h10-11,13,15H,5-9H2,1-4H3. The van der Waals surface area contributed by atoms with Crippen LogP contribution in [0.1, 0.15) is 40.5 Å². The fourth-order valence-electron chi connectivity index (χ4n) is 1.91. The van der Waals surface area contributed by atoms with Crippen LogP contribution in [0, 0.1) is 0 Å². The minimum atomic E-state index is -0.634. The molecule has 0 amide bonds. The summed E-state index contributed by atoms with van der Waals surface area (Å²) in [7, 11) is 0. The first-order chi connectivity index (χ1) is 6.91. The molecule has 1 heterocycles. The van der Waals surface area contributed by atoms with Crippen LogP contribution in [0.15, 0.2) is 0 Å². The predicted octanol–water partition coefficient (Wildman–Crippen LogP) is 1.22. The van der Waals surface area contributed by atoms with E-state index in [0.717, 1.165) is 6.54 Å². The van der Waals surface area contributed by atoms with E-state index in [2.05, 4.69) is 17.1 Å². The highest BCUT2D eigenvalue weighted by Gasteiger charge is 2.23. The van der Waals surface area contributed by atoms with Crippen LogP contribution in [0.25, 0.3) is 0 Å². The topological polar surface area (TPSA) is 35.5 Å². The average molecular weight is 214 g/mol. The first kappa shape index (κ1) is 12.9. The lowest BCUT2D eigenvalue weighted by molar-refractivity contribution is 0.0419. The largest absolute Gasteiger partial charge is 0.389 e. The molecule has 1 rings (SSSR count). The number of nitrogens with zero attached hydrogens (tertiary/aromatic N) is 1. The lowest BCUT2D eigenvalue weighted by Crippen LogP contribution is -2.49. The first-order valence-electron chi connectivity index (χ1n) is 6.11. The molecule has 90 valence electrons. The molecular formula is C12H26N2O. The summed E-state index contributed by atoms with van der Waals surface area (Å²) in [5.74, 6) is 0. The van der Waals surface area contributed by atoms with E-state index in [4.69, 9.17) is 0 Å². The fourth-order valence-corrected chi connectivity index (χ4v) is 1.91. The van der Waals surface area contributed by atoms with Crippen LogP contribution in [0.3, 0.4) is 0 Å². The number of aliphatic hydroxyl groups is 1. The van der Waals surface area contributed by atoms with Gasteiger partial charge >= 0.3 is 0 Å². The second-order valence-electron chi connectivity index (χ2n) is 5.38. The highest BCUT2D eigenvalue weighted by molar-refractivity contribution is 4.82. The highest BCUT2D eigenvalue weighted by Crippen LogP contribution is 2.12. The summed E-state index contributed by atoms with van der Waals surface area (Å²) in [5.41, 5.74) is -0.634. The van der Waals surface area contributed by atoms with Crippen molar-refractivity contribution in [2.45, 2.75) is 58.2 Å². The van der Waals surface area contributed by atoms with Gasteiger partial charge in [-0.05, 0) is 53.6 Å². The van der Waals surface area contributed by atoms with Crippen molar-refractivity contribution in [3.05, 3.63) is 0 Å². The van der Waals surface area contributed by atoms with Gasteiger partial charge < -0.3 is 10.4 Å². The summed E-state index contributed by atoms with van der Waals surface area (Å²) in [6, 6.07) is 0.722. The molecule has 0 aromatic rings. The van der Waals surface area contributed by atoms with Crippen LogP contribution in [-0.4, -0.2) is 47.3 Å². The van der Waals surface area contributed by atoms with E-state index in [1.54, 1.807) is 0 Å². The maximum Gasteiger partial charge on any atom is 0.0741 e. The molecule has 2 unspecified atom stereocenters. The van der Waals surface area contributed by atoms with Gasteiger partial charge in [0.05, 0.1) is 5.60 Å². The SMILES string of the molecule is CC(CNC(C)C(C)(C)O)N1CCCC1. The molecule has 0 aromatic carbocycles. The van der Waals surface area contributed by atoms with Gasteiger partial charge in [0, 0.05) is 18.6 Å². The van der Waals surface area contributed by atoms with Gasteiger partial charge in [-0.3, -0.25) is 4.90 Å². The Morgan fingerprint density at radius 2 is 1.80 bits per heavy atom. The van der Waals surface area contributed by atoms with Crippen molar-refractivity contribution >= 4 is 0 Å².